The summed E-state index contributed by atoms with van der Waals surface area (Å²) >= 11 is 0. The fourth-order valence-corrected chi connectivity index (χ4v) is 3.80. The molecule has 8 nitrogen and oxygen atoms in total. The first-order valence-electron chi connectivity index (χ1n) is 11.9. The second-order valence-electron chi connectivity index (χ2n) is 8.25. The standard InChI is InChI=1S/C26H34N4O4/c1-3-13-29(14-4-2)25(32)21-7-11-23(12-8-21)28-24(31)19-27-22-9-5-20(6-10-22)26(33)30-15-17-34-18-16-30/h5-12,27H,3-4,13-19H2,1-2H3,(H,28,31). The average Bonchev–Trinajstić information content (AvgIpc) is 2.88. The third-order valence-electron chi connectivity index (χ3n) is 5.57. The summed E-state index contributed by atoms with van der Waals surface area (Å²) in [5, 5.41) is 5.90. The van der Waals surface area contributed by atoms with Crippen LogP contribution in [0.4, 0.5) is 11.4 Å². The molecule has 0 saturated carbocycles. The maximum atomic E-state index is 12.7. The monoisotopic (exact) mass is 466 g/mol. The fraction of sp³-hybridized carbons (Fsp3) is 0.423. The van der Waals surface area contributed by atoms with E-state index in [2.05, 4.69) is 24.5 Å². The van der Waals surface area contributed by atoms with Crippen molar-refractivity contribution in [1.29, 1.82) is 0 Å². The molecule has 1 saturated heterocycles. The smallest absolute Gasteiger partial charge is 0.254 e. The molecule has 34 heavy (non-hydrogen) atoms. The molecule has 0 bridgehead atoms. The molecule has 2 aromatic rings. The summed E-state index contributed by atoms with van der Waals surface area (Å²) < 4.78 is 5.29. The van der Waals surface area contributed by atoms with Crippen LogP contribution in [0.1, 0.15) is 47.4 Å². The first-order valence-corrected chi connectivity index (χ1v) is 11.9. The van der Waals surface area contributed by atoms with Crippen molar-refractivity contribution in [2.24, 2.45) is 0 Å². The lowest BCUT2D eigenvalue weighted by Crippen LogP contribution is -2.40. The van der Waals surface area contributed by atoms with Crippen LogP contribution in [0.5, 0.6) is 0 Å². The van der Waals surface area contributed by atoms with Crippen LogP contribution < -0.4 is 10.6 Å². The van der Waals surface area contributed by atoms with Gasteiger partial charge in [0.15, 0.2) is 0 Å². The Bertz CT molecular complexity index is 948. The summed E-state index contributed by atoms with van der Waals surface area (Å²) in [5.41, 5.74) is 2.61. The van der Waals surface area contributed by atoms with Crippen molar-refractivity contribution >= 4 is 29.1 Å². The van der Waals surface area contributed by atoms with Gasteiger partial charge in [0.1, 0.15) is 0 Å². The van der Waals surface area contributed by atoms with Gasteiger partial charge in [-0.3, -0.25) is 14.4 Å². The highest BCUT2D eigenvalue weighted by Crippen LogP contribution is 2.14. The Balaban J connectivity index is 1.48. The Morgan fingerprint density at radius 1 is 0.853 bits per heavy atom. The van der Waals surface area contributed by atoms with Gasteiger partial charge in [-0.2, -0.15) is 0 Å². The second kappa shape index (κ2) is 12.7. The van der Waals surface area contributed by atoms with Gasteiger partial charge in [-0.25, -0.2) is 0 Å². The van der Waals surface area contributed by atoms with Crippen LogP contribution >= 0.6 is 0 Å². The van der Waals surface area contributed by atoms with Gasteiger partial charge < -0.3 is 25.2 Å². The number of carbonyl (C=O) groups is 3. The van der Waals surface area contributed by atoms with Crippen LogP contribution in [0.2, 0.25) is 0 Å². The normalized spacial score (nSPS) is 13.3. The lowest BCUT2D eigenvalue weighted by atomic mass is 10.1. The molecule has 3 rings (SSSR count). The van der Waals surface area contributed by atoms with Gasteiger partial charge in [0.25, 0.3) is 11.8 Å². The predicted molar refractivity (Wildman–Crippen MR) is 133 cm³/mol. The van der Waals surface area contributed by atoms with Crippen LogP contribution in [-0.4, -0.2) is 73.5 Å². The van der Waals surface area contributed by atoms with Crippen molar-refractivity contribution in [1.82, 2.24) is 9.80 Å². The number of rotatable bonds is 10. The van der Waals surface area contributed by atoms with Crippen molar-refractivity contribution in [3.05, 3.63) is 59.7 Å². The van der Waals surface area contributed by atoms with Gasteiger partial charge in [-0.1, -0.05) is 13.8 Å². The lowest BCUT2D eigenvalue weighted by molar-refractivity contribution is -0.114. The number of morpholine rings is 1. The van der Waals surface area contributed by atoms with Gasteiger partial charge in [-0.05, 0) is 61.4 Å². The molecule has 0 atom stereocenters. The zero-order valence-corrected chi connectivity index (χ0v) is 20.0. The zero-order valence-electron chi connectivity index (χ0n) is 20.0. The summed E-state index contributed by atoms with van der Waals surface area (Å²) in [5.74, 6) is -0.202. The molecule has 0 radical (unpaired) electrons. The number of amides is 3. The third kappa shape index (κ3) is 7.05. The van der Waals surface area contributed by atoms with E-state index in [-0.39, 0.29) is 24.3 Å². The maximum absolute atomic E-state index is 12.7. The van der Waals surface area contributed by atoms with E-state index in [1.165, 1.54) is 0 Å². The molecule has 2 N–H and O–H groups in total. The van der Waals surface area contributed by atoms with E-state index in [4.69, 9.17) is 4.74 Å². The minimum absolute atomic E-state index is 0.0120. The maximum Gasteiger partial charge on any atom is 0.254 e. The first kappa shape index (κ1) is 25.2. The number of hydrogen-bond donors (Lipinski definition) is 2. The molecule has 1 aliphatic rings. The van der Waals surface area contributed by atoms with Gasteiger partial charge in [0, 0.05) is 48.7 Å². The minimum Gasteiger partial charge on any atom is -0.378 e. The van der Waals surface area contributed by atoms with Gasteiger partial charge in [-0.15, -0.1) is 0 Å². The average molecular weight is 467 g/mol. The van der Waals surface area contributed by atoms with E-state index in [1.54, 1.807) is 53.4 Å². The van der Waals surface area contributed by atoms with Crippen LogP contribution in [-0.2, 0) is 9.53 Å². The number of hydrogen-bond acceptors (Lipinski definition) is 5. The van der Waals surface area contributed by atoms with Gasteiger partial charge >= 0.3 is 0 Å². The van der Waals surface area contributed by atoms with Crippen LogP contribution in [0, 0.1) is 0 Å². The van der Waals surface area contributed by atoms with Gasteiger partial charge in [0.05, 0.1) is 19.8 Å². The number of ether oxygens (including phenoxy) is 1. The SMILES string of the molecule is CCCN(CCC)C(=O)c1ccc(NC(=O)CNc2ccc(C(=O)N3CCOCC3)cc2)cc1. The summed E-state index contributed by atoms with van der Waals surface area (Å²) in [6.07, 6.45) is 1.83. The molecule has 0 aliphatic carbocycles. The predicted octanol–water partition coefficient (Wildman–Crippen LogP) is 3.47. The molecule has 0 unspecified atom stereocenters. The number of nitrogens with zero attached hydrogens (tertiary/aromatic N) is 2. The summed E-state index contributed by atoms with van der Waals surface area (Å²) in [6, 6.07) is 14.1. The second-order valence-corrected chi connectivity index (χ2v) is 8.25. The Hall–Kier alpha value is -3.39. The van der Waals surface area contributed by atoms with Crippen molar-refractivity contribution in [3.63, 3.8) is 0 Å². The van der Waals surface area contributed by atoms with E-state index in [9.17, 15) is 14.4 Å². The highest BCUT2D eigenvalue weighted by molar-refractivity contribution is 5.97. The van der Waals surface area contributed by atoms with Crippen molar-refractivity contribution in [2.75, 3.05) is 56.6 Å². The van der Waals surface area contributed by atoms with E-state index >= 15 is 0 Å². The summed E-state index contributed by atoms with van der Waals surface area (Å²) in [4.78, 5) is 41.2. The highest BCUT2D eigenvalue weighted by Gasteiger charge is 2.18. The van der Waals surface area contributed by atoms with Crippen LogP contribution in [0.3, 0.4) is 0 Å². The van der Waals surface area contributed by atoms with Crippen LogP contribution in [0.25, 0.3) is 0 Å². The molecule has 3 amide bonds. The van der Waals surface area contributed by atoms with Crippen molar-refractivity contribution in [2.45, 2.75) is 26.7 Å². The van der Waals surface area contributed by atoms with E-state index in [1.807, 2.05) is 4.90 Å². The number of anilines is 2. The fourth-order valence-electron chi connectivity index (χ4n) is 3.80. The Morgan fingerprint density at radius 3 is 2.00 bits per heavy atom. The Labute approximate surface area is 201 Å². The van der Waals surface area contributed by atoms with Crippen molar-refractivity contribution < 1.29 is 19.1 Å². The molecule has 8 heteroatoms. The topological polar surface area (TPSA) is 91.0 Å². The number of nitrogens with one attached hydrogen (secondary N) is 2. The molecule has 0 aromatic heterocycles. The third-order valence-corrected chi connectivity index (χ3v) is 5.57. The highest BCUT2D eigenvalue weighted by atomic mass is 16.5. The molecule has 1 aliphatic heterocycles. The molecule has 1 heterocycles. The largest absolute Gasteiger partial charge is 0.378 e. The quantitative estimate of drug-likeness (QED) is 0.560. The Kier molecular flexibility index (Phi) is 9.46. The van der Waals surface area contributed by atoms with E-state index in [0.29, 0.717) is 43.1 Å². The van der Waals surface area contributed by atoms with E-state index in [0.717, 1.165) is 31.6 Å². The summed E-state index contributed by atoms with van der Waals surface area (Å²) in [7, 11) is 0. The van der Waals surface area contributed by atoms with Gasteiger partial charge in [0.2, 0.25) is 5.91 Å². The minimum atomic E-state index is -0.203. The van der Waals surface area contributed by atoms with Crippen LogP contribution in [0.15, 0.2) is 48.5 Å². The number of carbonyl (C=O) groups excluding carboxylic acids is 3. The summed E-state index contributed by atoms with van der Waals surface area (Å²) in [6.45, 7) is 8.00. The lowest BCUT2D eigenvalue weighted by Gasteiger charge is -2.26. The van der Waals surface area contributed by atoms with Crippen molar-refractivity contribution in [3.8, 4) is 0 Å². The number of benzene rings is 2. The molecular formula is C26H34N4O4. The van der Waals surface area contributed by atoms with E-state index < -0.39 is 0 Å². The Morgan fingerprint density at radius 2 is 1.41 bits per heavy atom. The molecule has 1 fully saturated rings. The first-order chi connectivity index (χ1) is 16.5. The zero-order chi connectivity index (χ0) is 24.3. The molecule has 2 aromatic carbocycles. The molecule has 0 spiro atoms. The molecular weight excluding hydrogens is 432 g/mol. The molecule has 182 valence electrons.